The molecule has 0 spiro atoms. The standard InChI is InChI=1S/C13H19BrClN3/c1-2-16-9-11-5-3-4-6-18(11)13-12(14)7-10(15)8-17-13/h7-8,11,16H,2-6,9H2,1H3. The van der Waals surface area contributed by atoms with Gasteiger partial charge in [-0.05, 0) is 47.8 Å². The molecular weight excluding hydrogens is 314 g/mol. The monoisotopic (exact) mass is 331 g/mol. The van der Waals surface area contributed by atoms with E-state index in [1.807, 2.05) is 6.07 Å². The molecule has 1 N–H and O–H groups in total. The molecule has 18 heavy (non-hydrogen) atoms. The quantitative estimate of drug-likeness (QED) is 0.915. The molecule has 2 rings (SSSR count). The van der Waals surface area contributed by atoms with Crippen LogP contribution < -0.4 is 10.2 Å². The Hall–Kier alpha value is -0.320. The largest absolute Gasteiger partial charge is 0.351 e. The smallest absolute Gasteiger partial charge is 0.143 e. The van der Waals surface area contributed by atoms with Crippen molar-refractivity contribution >= 4 is 33.3 Å². The lowest BCUT2D eigenvalue weighted by Gasteiger charge is -2.37. The molecule has 1 saturated heterocycles. The summed E-state index contributed by atoms with van der Waals surface area (Å²) in [5.74, 6) is 1.02. The van der Waals surface area contributed by atoms with Crippen LogP contribution in [-0.2, 0) is 0 Å². The molecule has 1 aliphatic heterocycles. The molecule has 0 aromatic carbocycles. The Morgan fingerprint density at radius 1 is 1.56 bits per heavy atom. The first kappa shape index (κ1) is 14.1. The molecule has 1 atom stereocenters. The minimum Gasteiger partial charge on any atom is -0.351 e. The van der Waals surface area contributed by atoms with Gasteiger partial charge in [-0.15, -0.1) is 0 Å². The Labute approximate surface area is 122 Å². The van der Waals surface area contributed by atoms with E-state index in [0.717, 1.165) is 29.9 Å². The van der Waals surface area contributed by atoms with Crippen LogP contribution in [0, 0.1) is 0 Å². The van der Waals surface area contributed by atoms with Crippen molar-refractivity contribution in [3.8, 4) is 0 Å². The van der Waals surface area contributed by atoms with E-state index in [2.05, 4.69) is 38.1 Å². The summed E-state index contributed by atoms with van der Waals surface area (Å²) in [6.07, 6.45) is 5.49. The Morgan fingerprint density at radius 3 is 3.11 bits per heavy atom. The van der Waals surface area contributed by atoms with Crippen LogP contribution in [-0.4, -0.2) is 30.7 Å². The lowest BCUT2D eigenvalue weighted by atomic mass is 10.0. The zero-order valence-electron chi connectivity index (χ0n) is 10.6. The molecule has 1 aliphatic rings. The predicted octanol–water partition coefficient (Wildman–Crippen LogP) is 3.47. The normalized spacial score (nSPS) is 20.2. The number of anilines is 1. The third kappa shape index (κ3) is 3.37. The molecule has 100 valence electrons. The first-order valence-corrected chi connectivity index (χ1v) is 7.68. The van der Waals surface area contributed by atoms with Gasteiger partial charge in [-0.2, -0.15) is 0 Å². The fourth-order valence-electron chi connectivity index (χ4n) is 2.42. The van der Waals surface area contributed by atoms with Crippen molar-refractivity contribution in [2.75, 3.05) is 24.5 Å². The van der Waals surface area contributed by atoms with Crippen molar-refractivity contribution in [3.63, 3.8) is 0 Å². The third-order valence-corrected chi connectivity index (χ3v) is 4.11. The van der Waals surface area contributed by atoms with Crippen molar-refractivity contribution in [3.05, 3.63) is 21.8 Å². The summed E-state index contributed by atoms with van der Waals surface area (Å²) in [6, 6.07) is 2.45. The van der Waals surface area contributed by atoms with Crippen LogP contribution in [0.15, 0.2) is 16.7 Å². The van der Waals surface area contributed by atoms with Crippen LogP contribution in [0.25, 0.3) is 0 Å². The van der Waals surface area contributed by atoms with Gasteiger partial charge in [-0.25, -0.2) is 4.98 Å². The molecule has 1 aromatic heterocycles. The first-order valence-electron chi connectivity index (χ1n) is 6.50. The van der Waals surface area contributed by atoms with Crippen LogP contribution in [0.2, 0.25) is 5.02 Å². The van der Waals surface area contributed by atoms with E-state index in [1.165, 1.54) is 19.3 Å². The molecule has 1 fully saturated rings. The molecule has 2 heterocycles. The second kappa shape index (κ2) is 6.73. The van der Waals surface area contributed by atoms with Crippen molar-refractivity contribution in [1.82, 2.24) is 10.3 Å². The number of likely N-dealkylation sites (N-methyl/N-ethyl adjacent to an activating group) is 1. The molecule has 0 bridgehead atoms. The topological polar surface area (TPSA) is 28.2 Å². The third-order valence-electron chi connectivity index (χ3n) is 3.32. The van der Waals surface area contributed by atoms with Crippen molar-refractivity contribution in [2.45, 2.75) is 32.2 Å². The average molecular weight is 333 g/mol. The van der Waals surface area contributed by atoms with Gasteiger partial charge in [0, 0.05) is 25.3 Å². The summed E-state index contributed by atoms with van der Waals surface area (Å²) >= 11 is 9.52. The van der Waals surface area contributed by atoms with Crippen molar-refractivity contribution in [2.24, 2.45) is 0 Å². The molecule has 0 radical (unpaired) electrons. The van der Waals surface area contributed by atoms with Crippen LogP contribution in [0.1, 0.15) is 26.2 Å². The Bertz CT molecular complexity index is 400. The first-order chi connectivity index (χ1) is 8.72. The highest BCUT2D eigenvalue weighted by molar-refractivity contribution is 9.10. The molecule has 0 saturated carbocycles. The highest BCUT2D eigenvalue weighted by Gasteiger charge is 2.24. The van der Waals surface area contributed by atoms with Crippen molar-refractivity contribution in [1.29, 1.82) is 0 Å². The highest BCUT2D eigenvalue weighted by atomic mass is 79.9. The highest BCUT2D eigenvalue weighted by Crippen LogP contribution is 2.30. The Kier molecular flexibility index (Phi) is 5.27. The van der Waals surface area contributed by atoms with Gasteiger partial charge in [-0.1, -0.05) is 18.5 Å². The van der Waals surface area contributed by atoms with E-state index < -0.39 is 0 Å². The molecule has 3 nitrogen and oxygen atoms in total. The number of halogens is 2. The molecule has 0 amide bonds. The maximum atomic E-state index is 5.95. The van der Waals surface area contributed by atoms with E-state index in [1.54, 1.807) is 6.20 Å². The van der Waals surface area contributed by atoms with Gasteiger partial charge in [-0.3, -0.25) is 0 Å². The summed E-state index contributed by atoms with van der Waals surface area (Å²) in [4.78, 5) is 6.87. The van der Waals surface area contributed by atoms with Gasteiger partial charge < -0.3 is 10.2 Å². The van der Waals surface area contributed by atoms with E-state index in [-0.39, 0.29) is 0 Å². The Morgan fingerprint density at radius 2 is 2.39 bits per heavy atom. The SMILES string of the molecule is CCNCC1CCCCN1c1ncc(Cl)cc1Br. The molecule has 0 aliphatic carbocycles. The zero-order chi connectivity index (χ0) is 13.0. The van der Waals surface area contributed by atoms with Gasteiger partial charge in [0.2, 0.25) is 0 Å². The molecular formula is C13H19BrClN3. The van der Waals surface area contributed by atoms with Crippen LogP contribution >= 0.6 is 27.5 Å². The summed E-state index contributed by atoms with van der Waals surface area (Å²) < 4.78 is 0.985. The fraction of sp³-hybridized carbons (Fsp3) is 0.615. The average Bonchev–Trinajstić information content (AvgIpc) is 2.37. The molecule has 1 unspecified atom stereocenters. The number of pyridine rings is 1. The van der Waals surface area contributed by atoms with E-state index in [0.29, 0.717) is 11.1 Å². The lowest BCUT2D eigenvalue weighted by Crippen LogP contribution is -2.46. The summed E-state index contributed by atoms with van der Waals surface area (Å²) in [6.45, 7) is 5.25. The van der Waals surface area contributed by atoms with Crippen molar-refractivity contribution < 1.29 is 0 Å². The number of hydrogen-bond donors (Lipinski definition) is 1. The molecule has 5 heteroatoms. The number of nitrogens with zero attached hydrogens (tertiary/aromatic N) is 2. The zero-order valence-corrected chi connectivity index (χ0v) is 13.0. The number of nitrogens with one attached hydrogen (secondary N) is 1. The lowest BCUT2D eigenvalue weighted by molar-refractivity contribution is 0.436. The Balaban J connectivity index is 2.16. The second-order valence-electron chi connectivity index (χ2n) is 4.61. The minimum absolute atomic E-state index is 0.531. The van der Waals surface area contributed by atoms with Crippen LogP contribution in [0.3, 0.4) is 0 Å². The van der Waals surface area contributed by atoms with Crippen LogP contribution in [0.4, 0.5) is 5.82 Å². The summed E-state index contributed by atoms with van der Waals surface area (Å²) in [7, 11) is 0. The summed E-state index contributed by atoms with van der Waals surface area (Å²) in [5.41, 5.74) is 0. The van der Waals surface area contributed by atoms with Gasteiger partial charge in [0.05, 0.1) is 9.50 Å². The second-order valence-corrected chi connectivity index (χ2v) is 5.90. The van der Waals surface area contributed by atoms with E-state index >= 15 is 0 Å². The maximum Gasteiger partial charge on any atom is 0.143 e. The number of piperidine rings is 1. The van der Waals surface area contributed by atoms with Gasteiger partial charge >= 0.3 is 0 Å². The fourth-order valence-corrected chi connectivity index (χ4v) is 3.29. The minimum atomic E-state index is 0.531. The number of hydrogen-bond acceptors (Lipinski definition) is 3. The number of rotatable bonds is 4. The predicted molar refractivity (Wildman–Crippen MR) is 80.5 cm³/mol. The maximum absolute atomic E-state index is 5.95. The number of aromatic nitrogens is 1. The van der Waals surface area contributed by atoms with Gasteiger partial charge in [0.25, 0.3) is 0 Å². The van der Waals surface area contributed by atoms with E-state index in [4.69, 9.17) is 11.6 Å². The molecule has 1 aromatic rings. The summed E-state index contributed by atoms with van der Waals surface area (Å²) in [5, 5.41) is 4.11. The van der Waals surface area contributed by atoms with Crippen LogP contribution in [0.5, 0.6) is 0 Å². The van der Waals surface area contributed by atoms with E-state index in [9.17, 15) is 0 Å². The van der Waals surface area contributed by atoms with Gasteiger partial charge in [0.15, 0.2) is 0 Å². The van der Waals surface area contributed by atoms with Gasteiger partial charge in [0.1, 0.15) is 5.82 Å².